The largest absolute Gasteiger partial charge is 0.381 e. The third kappa shape index (κ3) is 4.20. The van der Waals surface area contributed by atoms with Crippen molar-refractivity contribution >= 4 is 11.3 Å². The van der Waals surface area contributed by atoms with Crippen molar-refractivity contribution in [1.82, 2.24) is 9.80 Å². The summed E-state index contributed by atoms with van der Waals surface area (Å²) in [6, 6.07) is 4.52. The van der Waals surface area contributed by atoms with Crippen molar-refractivity contribution in [2.75, 3.05) is 52.5 Å². The molecular weight excluding hydrogens is 320 g/mol. The second-order valence-electron chi connectivity index (χ2n) is 7.69. The standard InChI is InChI=1S/C19H30N2O2S/c1-15-2-3-18(24-15)13-21-12-17-11-20(6-9-23-19(17)14-21)10-16-4-7-22-8-5-16/h2-3,16-17,19H,4-14H2,1H3/t17-,19+/m1/s1. The fraction of sp³-hybridized carbons (Fsp3) is 0.789. The van der Waals surface area contributed by atoms with Gasteiger partial charge in [0.15, 0.2) is 0 Å². The lowest BCUT2D eigenvalue weighted by Crippen LogP contribution is -2.37. The summed E-state index contributed by atoms with van der Waals surface area (Å²) in [6.07, 6.45) is 2.90. The molecule has 4 heterocycles. The van der Waals surface area contributed by atoms with Gasteiger partial charge < -0.3 is 14.4 Å². The van der Waals surface area contributed by atoms with Crippen LogP contribution in [0.1, 0.15) is 22.6 Å². The van der Waals surface area contributed by atoms with Crippen LogP contribution < -0.4 is 0 Å². The predicted molar refractivity (Wildman–Crippen MR) is 97.5 cm³/mol. The Hall–Kier alpha value is -0.460. The maximum Gasteiger partial charge on any atom is 0.0755 e. The first kappa shape index (κ1) is 17.0. The maximum absolute atomic E-state index is 6.21. The molecule has 5 heteroatoms. The molecule has 1 aromatic heterocycles. The Labute approximate surface area is 149 Å². The molecule has 4 rings (SSSR count). The SMILES string of the molecule is Cc1ccc(CN2C[C@H]3CN(CC4CCOCC4)CCO[C@H]3C2)s1. The second-order valence-corrected chi connectivity index (χ2v) is 9.06. The van der Waals surface area contributed by atoms with Gasteiger partial charge in [-0.2, -0.15) is 0 Å². The smallest absolute Gasteiger partial charge is 0.0755 e. The Morgan fingerprint density at radius 1 is 1.08 bits per heavy atom. The summed E-state index contributed by atoms with van der Waals surface area (Å²) in [7, 11) is 0. The minimum atomic E-state index is 0.436. The number of ether oxygens (including phenoxy) is 2. The molecule has 2 atom stereocenters. The highest BCUT2D eigenvalue weighted by atomic mass is 32.1. The molecule has 0 N–H and O–H groups in total. The average molecular weight is 351 g/mol. The van der Waals surface area contributed by atoms with Gasteiger partial charge in [-0.3, -0.25) is 4.90 Å². The third-order valence-corrected chi connectivity index (χ3v) is 6.71. The molecule has 0 aliphatic carbocycles. The highest BCUT2D eigenvalue weighted by molar-refractivity contribution is 7.11. The number of hydrogen-bond donors (Lipinski definition) is 0. The van der Waals surface area contributed by atoms with Crippen molar-refractivity contribution in [2.24, 2.45) is 11.8 Å². The van der Waals surface area contributed by atoms with Gasteiger partial charge in [-0.1, -0.05) is 0 Å². The van der Waals surface area contributed by atoms with Crippen LogP contribution in [0.5, 0.6) is 0 Å². The third-order valence-electron chi connectivity index (χ3n) is 5.72. The van der Waals surface area contributed by atoms with Crippen LogP contribution in [-0.4, -0.2) is 68.4 Å². The zero-order chi connectivity index (χ0) is 16.4. The van der Waals surface area contributed by atoms with E-state index in [-0.39, 0.29) is 0 Å². The van der Waals surface area contributed by atoms with Gasteiger partial charge in [-0.15, -0.1) is 11.3 Å². The van der Waals surface area contributed by atoms with E-state index in [1.807, 2.05) is 11.3 Å². The molecule has 0 spiro atoms. The monoisotopic (exact) mass is 350 g/mol. The fourth-order valence-corrected chi connectivity index (χ4v) is 5.36. The van der Waals surface area contributed by atoms with Crippen molar-refractivity contribution in [1.29, 1.82) is 0 Å². The first-order valence-corrected chi connectivity index (χ1v) is 10.3. The highest BCUT2D eigenvalue weighted by Gasteiger charge is 2.36. The van der Waals surface area contributed by atoms with Gasteiger partial charge >= 0.3 is 0 Å². The zero-order valence-electron chi connectivity index (χ0n) is 14.8. The van der Waals surface area contributed by atoms with Crippen LogP contribution in [-0.2, 0) is 16.0 Å². The number of likely N-dealkylation sites (tertiary alicyclic amines) is 1. The molecule has 3 saturated heterocycles. The summed E-state index contributed by atoms with van der Waals surface area (Å²) in [6.45, 7) is 11.9. The molecule has 0 unspecified atom stereocenters. The first-order chi connectivity index (χ1) is 11.8. The lowest BCUT2D eigenvalue weighted by molar-refractivity contribution is 0.0454. The minimum absolute atomic E-state index is 0.436. The quantitative estimate of drug-likeness (QED) is 0.833. The zero-order valence-corrected chi connectivity index (χ0v) is 15.6. The molecule has 0 radical (unpaired) electrons. The van der Waals surface area contributed by atoms with Crippen molar-refractivity contribution < 1.29 is 9.47 Å². The number of thiophene rings is 1. The van der Waals surface area contributed by atoms with E-state index in [0.717, 1.165) is 45.4 Å². The Bertz CT molecular complexity index is 529. The molecule has 4 nitrogen and oxygen atoms in total. The van der Waals surface area contributed by atoms with Gasteiger partial charge in [0.25, 0.3) is 0 Å². The highest BCUT2D eigenvalue weighted by Crippen LogP contribution is 2.27. The normalized spacial score (nSPS) is 30.4. The second kappa shape index (κ2) is 7.83. The van der Waals surface area contributed by atoms with Crippen LogP contribution in [0.3, 0.4) is 0 Å². The molecule has 134 valence electrons. The van der Waals surface area contributed by atoms with Gasteiger partial charge in [0.2, 0.25) is 0 Å². The van der Waals surface area contributed by atoms with E-state index >= 15 is 0 Å². The lowest BCUT2D eigenvalue weighted by atomic mass is 9.98. The van der Waals surface area contributed by atoms with Gasteiger partial charge in [0.1, 0.15) is 0 Å². The van der Waals surface area contributed by atoms with E-state index in [1.165, 1.54) is 42.2 Å². The number of hydrogen-bond acceptors (Lipinski definition) is 5. The summed E-state index contributed by atoms with van der Waals surface area (Å²) in [5, 5.41) is 0. The van der Waals surface area contributed by atoms with Gasteiger partial charge in [-0.25, -0.2) is 0 Å². The Kier molecular flexibility index (Phi) is 5.54. The summed E-state index contributed by atoms with van der Waals surface area (Å²) < 4.78 is 11.7. The van der Waals surface area contributed by atoms with Crippen LogP contribution in [0.25, 0.3) is 0 Å². The van der Waals surface area contributed by atoms with Crippen molar-refractivity contribution in [3.63, 3.8) is 0 Å². The predicted octanol–water partition coefficient (Wildman–Crippen LogP) is 2.62. The van der Waals surface area contributed by atoms with Crippen LogP contribution in [0, 0.1) is 18.8 Å². The average Bonchev–Trinajstić information content (AvgIpc) is 3.10. The van der Waals surface area contributed by atoms with E-state index in [0.29, 0.717) is 12.0 Å². The summed E-state index contributed by atoms with van der Waals surface area (Å²) >= 11 is 1.93. The van der Waals surface area contributed by atoms with E-state index in [1.54, 1.807) is 0 Å². The van der Waals surface area contributed by atoms with Crippen molar-refractivity contribution in [3.8, 4) is 0 Å². The molecule has 0 saturated carbocycles. The number of fused-ring (bicyclic) bond motifs is 1. The molecule has 0 bridgehead atoms. The van der Waals surface area contributed by atoms with Gasteiger partial charge in [0.05, 0.1) is 12.7 Å². The number of aryl methyl sites for hydroxylation is 1. The van der Waals surface area contributed by atoms with Crippen LogP contribution >= 0.6 is 11.3 Å². The summed E-state index contributed by atoms with van der Waals surface area (Å²) in [5.74, 6) is 1.50. The number of nitrogens with zero attached hydrogens (tertiary/aromatic N) is 2. The molecule has 0 amide bonds. The van der Waals surface area contributed by atoms with E-state index in [9.17, 15) is 0 Å². The molecule has 1 aromatic rings. The Balaban J connectivity index is 1.31. The minimum Gasteiger partial charge on any atom is -0.381 e. The summed E-state index contributed by atoms with van der Waals surface area (Å²) in [5.41, 5.74) is 0. The molecule has 3 fully saturated rings. The van der Waals surface area contributed by atoms with E-state index in [4.69, 9.17) is 9.47 Å². The molecule has 3 aliphatic heterocycles. The van der Waals surface area contributed by atoms with Crippen molar-refractivity contribution in [2.45, 2.75) is 32.4 Å². The Morgan fingerprint density at radius 2 is 1.92 bits per heavy atom. The van der Waals surface area contributed by atoms with E-state index < -0.39 is 0 Å². The van der Waals surface area contributed by atoms with Crippen molar-refractivity contribution in [3.05, 3.63) is 21.9 Å². The first-order valence-electron chi connectivity index (χ1n) is 9.45. The van der Waals surface area contributed by atoms with Gasteiger partial charge in [0, 0.05) is 68.2 Å². The summed E-state index contributed by atoms with van der Waals surface area (Å²) in [4.78, 5) is 8.16. The topological polar surface area (TPSA) is 24.9 Å². The van der Waals surface area contributed by atoms with Crippen LogP contribution in [0.2, 0.25) is 0 Å². The van der Waals surface area contributed by atoms with Crippen LogP contribution in [0.4, 0.5) is 0 Å². The van der Waals surface area contributed by atoms with Gasteiger partial charge in [-0.05, 0) is 37.8 Å². The molecule has 3 aliphatic rings. The molecule has 24 heavy (non-hydrogen) atoms. The van der Waals surface area contributed by atoms with E-state index in [2.05, 4.69) is 28.9 Å². The van der Waals surface area contributed by atoms with Crippen LogP contribution in [0.15, 0.2) is 12.1 Å². The number of rotatable bonds is 4. The maximum atomic E-state index is 6.21. The Morgan fingerprint density at radius 3 is 2.71 bits per heavy atom. The fourth-order valence-electron chi connectivity index (χ4n) is 4.43. The molecule has 0 aromatic carbocycles. The lowest BCUT2D eigenvalue weighted by Gasteiger charge is -2.30. The molecular formula is C19H30N2O2S.